The predicted octanol–water partition coefficient (Wildman–Crippen LogP) is 1.52. The molecule has 0 saturated heterocycles. The normalized spacial score (nSPS) is 9.56. The van der Waals surface area contributed by atoms with E-state index in [0.717, 1.165) is 11.3 Å². The Hall–Kier alpha value is -0.630. The Balaban J connectivity index is 2.94. The number of aromatic nitrogens is 2. The highest BCUT2D eigenvalue weighted by molar-refractivity contribution is 6.16. The Labute approximate surface area is 58.9 Å². The van der Waals surface area contributed by atoms with Crippen LogP contribution in [0.1, 0.15) is 11.3 Å². The van der Waals surface area contributed by atoms with E-state index in [0.29, 0.717) is 5.88 Å². The summed E-state index contributed by atoms with van der Waals surface area (Å²) in [6.07, 6.45) is 1.70. The first-order valence-electron chi connectivity index (χ1n) is 2.67. The fraction of sp³-hybridized carbons (Fsp3) is 0.333. The zero-order valence-electron chi connectivity index (χ0n) is 5.13. The average molecular weight is 143 g/mol. The van der Waals surface area contributed by atoms with Crippen LogP contribution in [-0.2, 0) is 5.88 Å². The first-order valence-corrected chi connectivity index (χ1v) is 3.20. The molecule has 0 aromatic carbocycles. The van der Waals surface area contributed by atoms with Gasteiger partial charge in [0.25, 0.3) is 0 Å². The lowest BCUT2D eigenvalue weighted by Crippen LogP contribution is -1.88. The molecule has 9 heavy (non-hydrogen) atoms. The van der Waals surface area contributed by atoms with Gasteiger partial charge in [-0.1, -0.05) is 0 Å². The van der Waals surface area contributed by atoms with Crippen molar-refractivity contribution in [2.24, 2.45) is 0 Å². The molecule has 0 atom stereocenters. The first kappa shape index (κ1) is 6.49. The van der Waals surface area contributed by atoms with E-state index in [4.69, 9.17) is 11.6 Å². The van der Waals surface area contributed by atoms with Crippen LogP contribution in [0.2, 0.25) is 0 Å². The van der Waals surface area contributed by atoms with Gasteiger partial charge in [-0.15, -0.1) is 11.6 Å². The first-order chi connectivity index (χ1) is 4.33. The monoisotopic (exact) mass is 142 g/mol. The van der Waals surface area contributed by atoms with Crippen molar-refractivity contribution in [3.05, 3.63) is 23.5 Å². The molecule has 0 aliphatic rings. The second kappa shape index (κ2) is 2.78. The van der Waals surface area contributed by atoms with Crippen LogP contribution in [-0.4, -0.2) is 10.2 Å². The van der Waals surface area contributed by atoms with Crippen molar-refractivity contribution in [2.45, 2.75) is 12.8 Å². The third-order valence-electron chi connectivity index (χ3n) is 0.979. The van der Waals surface area contributed by atoms with Crippen LogP contribution in [0, 0.1) is 6.92 Å². The van der Waals surface area contributed by atoms with Crippen molar-refractivity contribution < 1.29 is 0 Å². The summed E-state index contributed by atoms with van der Waals surface area (Å²) in [5, 5.41) is 7.50. The van der Waals surface area contributed by atoms with E-state index < -0.39 is 0 Å². The molecular formula is C6H7ClN2. The van der Waals surface area contributed by atoms with Gasteiger partial charge in [-0.2, -0.15) is 10.2 Å². The lowest BCUT2D eigenvalue weighted by molar-refractivity contribution is 0.956. The lowest BCUT2D eigenvalue weighted by Gasteiger charge is -1.91. The Morgan fingerprint density at radius 3 is 2.89 bits per heavy atom. The summed E-state index contributed by atoms with van der Waals surface area (Å²) in [5.74, 6) is 0.439. The number of hydrogen-bond donors (Lipinski definition) is 0. The molecule has 1 aromatic rings. The van der Waals surface area contributed by atoms with Crippen LogP contribution < -0.4 is 0 Å². The van der Waals surface area contributed by atoms with Crippen LogP contribution in [0.25, 0.3) is 0 Å². The number of aryl methyl sites for hydroxylation is 1. The summed E-state index contributed by atoms with van der Waals surface area (Å²) in [6.45, 7) is 1.96. The number of halogens is 1. The van der Waals surface area contributed by atoms with E-state index in [1.165, 1.54) is 0 Å². The molecule has 0 N–H and O–H groups in total. The van der Waals surface area contributed by atoms with E-state index in [2.05, 4.69) is 10.2 Å². The molecule has 0 aliphatic heterocycles. The van der Waals surface area contributed by atoms with Crippen LogP contribution in [0.3, 0.4) is 0 Å². The quantitative estimate of drug-likeness (QED) is 0.556. The Morgan fingerprint density at radius 1 is 1.67 bits per heavy atom. The molecule has 0 aliphatic carbocycles. The summed E-state index contributed by atoms with van der Waals surface area (Å²) in [6, 6.07) is 1.92. The predicted molar refractivity (Wildman–Crippen MR) is 36.3 cm³/mol. The summed E-state index contributed by atoms with van der Waals surface area (Å²) < 4.78 is 0. The number of nitrogens with zero attached hydrogens (tertiary/aromatic N) is 2. The molecular weight excluding hydrogens is 136 g/mol. The second-order valence-corrected chi connectivity index (χ2v) is 2.13. The fourth-order valence-electron chi connectivity index (χ4n) is 0.588. The molecule has 0 unspecified atom stereocenters. The van der Waals surface area contributed by atoms with Gasteiger partial charge in [0.05, 0.1) is 17.8 Å². The Kier molecular flexibility index (Phi) is 2.01. The molecule has 1 rings (SSSR count). The molecule has 0 bridgehead atoms. The molecule has 1 aromatic heterocycles. The topological polar surface area (TPSA) is 25.8 Å². The SMILES string of the molecule is Cc1cnnc(CCl)c1. The highest BCUT2D eigenvalue weighted by Gasteiger charge is 1.90. The number of hydrogen-bond acceptors (Lipinski definition) is 2. The number of rotatable bonds is 1. The van der Waals surface area contributed by atoms with Gasteiger partial charge in [-0.3, -0.25) is 0 Å². The van der Waals surface area contributed by atoms with E-state index in [1.807, 2.05) is 13.0 Å². The Bertz CT molecular complexity index is 200. The average Bonchev–Trinajstić information content (AvgIpc) is 1.88. The third kappa shape index (κ3) is 1.64. The maximum Gasteiger partial charge on any atom is 0.0781 e. The van der Waals surface area contributed by atoms with Crippen LogP contribution in [0.4, 0.5) is 0 Å². The molecule has 0 spiro atoms. The standard InChI is InChI=1S/C6H7ClN2/c1-5-2-6(3-7)9-8-4-5/h2,4H,3H2,1H3. The molecule has 0 amide bonds. The van der Waals surface area contributed by atoms with Crippen molar-refractivity contribution in [3.8, 4) is 0 Å². The van der Waals surface area contributed by atoms with Gasteiger partial charge >= 0.3 is 0 Å². The van der Waals surface area contributed by atoms with Gasteiger partial charge in [-0.25, -0.2) is 0 Å². The second-order valence-electron chi connectivity index (χ2n) is 1.86. The molecule has 0 radical (unpaired) electrons. The smallest absolute Gasteiger partial charge is 0.0781 e. The molecule has 3 heteroatoms. The summed E-state index contributed by atoms with van der Waals surface area (Å²) >= 11 is 5.50. The lowest BCUT2D eigenvalue weighted by atomic mass is 10.3. The van der Waals surface area contributed by atoms with Crippen molar-refractivity contribution >= 4 is 11.6 Å². The third-order valence-corrected chi connectivity index (χ3v) is 1.25. The summed E-state index contributed by atoms with van der Waals surface area (Å²) in [7, 11) is 0. The number of alkyl halides is 1. The van der Waals surface area contributed by atoms with Crippen molar-refractivity contribution in [1.82, 2.24) is 10.2 Å². The summed E-state index contributed by atoms with van der Waals surface area (Å²) in [5.41, 5.74) is 1.93. The van der Waals surface area contributed by atoms with E-state index in [1.54, 1.807) is 6.20 Å². The summed E-state index contributed by atoms with van der Waals surface area (Å²) in [4.78, 5) is 0. The van der Waals surface area contributed by atoms with Gasteiger partial charge in [0.1, 0.15) is 0 Å². The maximum absolute atomic E-state index is 5.50. The minimum Gasteiger partial charge on any atom is -0.159 e. The molecule has 0 saturated carbocycles. The van der Waals surface area contributed by atoms with Gasteiger partial charge in [-0.05, 0) is 18.6 Å². The van der Waals surface area contributed by atoms with Crippen molar-refractivity contribution in [3.63, 3.8) is 0 Å². The van der Waals surface area contributed by atoms with Gasteiger partial charge in [0, 0.05) is 0 Å². The van der Waals surface area contributed by atoms with Crippen molar-refractivity contribution in [2.75, 3.05) is 0 Å². The highest BCUT2D eigenvalue weighted by Crippen LogP contribution is 1.99. The molecule has 48 valence electrons. The zero-order chi connectivity index (χ0) is 6.69. The fourth-order valence-corrected chi connectivity index (χ4v) is 0.719. The van der Waals surface area contributed by atoms with Crippen LogP contribution >= 0.6 is 11.6 Å². The maximum atomic E-state index is 5.50. The van der Waals surface area contributed by atoms with E-state index >= 15 is 0 Å². The Morgan fingerprint density at radius 2 is 2.44 bits per heavy atom. The molecule has 2 nitrogen and oxygen atoms in total. The van der Waals surface area contributed by atoms with Crippen LogP contribution in [0.5, 0.6) is 0 Å². The zero-order valence-corrected chi connectivity index (χ0v) is 5.89. The minimum atomic E-state index is 0.439. The van der Waals surface area contributed by atoms with Gasteiger partial charge in [0.15, 0.2) is 0 Å². The van der Waals surface area contributed by atoms with Crippen LogP contribution in [0.15, 0.2) is 12.3 Å². The molecule has 1 heterocycles. The van der Waals surface area contributed by atoms with E-state index in [9.17, 15) is 0 Å². The van der Waals surface area contributed by atoms with Gasteiger partial charge < -0.3 is 0 Å². The van der Waals surface area contributed by atoms with E-state index in [-0.39, 0.29) is 0 Å². The largest absolute Gasteiger partial charge is 0.159 e. The van der Waals surface area contributed by atoms with Gasteiger partial charge in [0.2, 0.25) is 0 Å². The van der Waals surface area contributed by atoms with Crippen molar-refractivity contribution in [1.29, 1.82) is 0 Å². The molecule has 0 fully saturated rings. The highest BCUT2D eigenvalue weighted by atomic mass is 35.5. The minimum absolute atomic E-state index is 0.439.